The van der Waals surface area contributed by atoms with Crippen molar-refractivity contribution in [2.45, 2.75) is 25.9 Å². The van der Waals surface area contributed by atoms with E-state index in [9.17, 15) is 4.79 Å². The first-order valence-electron chi connectivity index (χ1n) is 8.77. The summed E-state index contributed by atoms with van der Waals surface area (Å²) in [5, 5.41) is 0. The summed E-state index contributed by atoms with van der Waals surface area (Å²) in [6.45, 7) is 3.91. The summed E-state index contributed by atoms with van der Waals surface area (Å²) < 4.78 is 22.3. The van der Waals surface area contributed by atoms with Gasteiger partial charge >= 0.3 is 5.97 Å². The van der Waals surface area contributed by atoms with Gasteiger partial charge in [0.15, 0.2) is 11.5 Å². The van der Waals surface area contributed by atoms with Gasteiger partial charge in [-0.3, -0.25) is 4.79 Å². The Bertz CT molecular complexity index is 885. The fourth-order valence-electron chi connectivity index (χ4n) is 3.45. The van der Waals surface area contributed by atoms with E-state index in [-0.39, 0.29) is 5.97 Å². The molecule has 1 aliphatic rings. The summed E-state index contributed by atoms with van der Waals surface area (Å²) in [5.41, 5.74) is 3.56. The zero-order valence-electron chi connectivity index (χ0n) is 16.2. The molecule has 5 nitrogen and oxygen atoms in total. The number of aryl methyl sites for hydroxylation is 1. The summed E-state index contributed by atoms with van der Waals surface area (Å²) in [5.74, 6) is 0.980. The number of esters is 1. The Hall–Kier alpha value is -2.95. The zero-order chi connectivity index (χ0) is 19.6. The van der Waals surface area contributed by atoms with Crippen molar-refractivity contribution >= 4 is 12.0 Å². The minimum Gasteiger partial charge on any atom is -0.496 e. The van der Waals surface area contributed by atoms with Gasteiger partial charge in [0.1, 0.15) is 17.8 Å². The van der Waals surface area contributed by atoms with Gasteiger partial charge in [-0.15, -0.1) is 0 Å². The smallest absolute Gasteiger partial charge is 0.317 e. The van der Waals surface area contributed by atoms with E-state index in [0.717, 1.165) is 28.0 Å². The van der Waals surface area contributed by atoms with Crippen LogP contribution >= 0.6 is 0 Å². The fourth-order valence-corrected chi connectivity index (χ4v) is 3.45. The van der Waals surface area contributed by atoms with E-state index < -0.39 is 12.0 Å². The second kappa shape index (κ2) is 7.74. The predicted octanol–water partition coefficient (Wildman–Crippen LogP) is 4.44. The van der Waals surface area contributed by atoms with Crippen LogP contribution in [0.5, 0.6) is 17.2 Å². The maximum Gasteiger partial charge on any atom is 0.317 e. The molecule has 0 aliphatic carbocycles. The number of methoxy groups -OCH3 is 3. The van der Waals surface area contributed by atoms with Crippen molar-refractivity contribution in [3.63, 3.8) is 0 Å². The minimum atomic E-state index is -0.587. The summed E-state index contributed by atoms with van der Waals surface area (Å²) in [6.07, 6.45) is 3.38. The molecular weight excluding hydrogens is 344 g/mol. The highest BCUT2D eigenvalue weighted by molar-refractivity contribution is 5.83. The molecule has 0 bridgehead atoms. The molecule has 1 aliphatic heterocycles. The second-order valence-electron chi connectivity index (χ2n) is 6.41. The molecule has 2 aromatic carbocycles. The number of hydrogen-bond acceptors (Lipinski definition) is 5. The van der Waals surface area contributed by atoms with E-state index in [0.29, 0.717) is 11.5 Å². The Morgan fingerprint density at radius 3 is 2.44 bits per heavy atom. The van der Waals surface area contributed by atoms with Gasteiger partial charge in [-0.1, -0.05) is 24.3 Å². The van der Waals surface area contributed by atoms with Crippen LogP contribution in [0.3, 0.4) is 0 Å². The van der Waals surface area contributed by atoms with E-state index in [2.05, 4.69) is 0 Å². The van der Waals surface area contributed by atoms with E-state index in [1.54, 1.807) is 14.2 Å². The highest BCUT2D eigenvalue weighted by Crippen LogP contribution is 2.51. The Kier molecular flexibility index (Phi) is 5.40. The Labute approximate surface area is 159 Å². The molecule has 3 rings (SSSR count). The molecule has 0 N–H and O–H groups in total. The predicted molar refractivity (Wildman–Crippen MR) is 104 cm³/mol. The van der Waals surface area contributed by atoms with Gasteiger partial charge in [0.25, 0.3) is 0 Å². The maximum absolute atomic E-state index is 12.7. The molecular formula is C22H24O5. The fraction of sp³-hybridized carbons (Fsp3) is 0.318. The van der Waals surface area contributed by atoms with Crippen molar-refractivity contribution in [2.75, 3.05) is 21.3 Å². The van der Waals surface area contributed by atoms with Crippen LogP contribution in [0, 0.1) is 6.92 Å². The average Bonchev–Trinajstić information content (AvgIpc) is 3.06. The van der Waals surface area contributed by atoms with Gasteiger partial charge < -0.3 is 18.9 Å². The molecule has 0 spiro atoms. The van der Waals surface area contributed by atoms with Crippen molar-refractivity contribution < 1.29 is 23.7 Å². The number of allylic oxidation sites excluding steroid dienone is 1. The third kappa shape index (κ3) is 3.37. The van der Waals surface area contributed by atoms with Crippen LogP contribution in [0.1, 0.15) is 41.2 Å². The number of hydrogen-bond donors (Lipinski definition) is 0. The SMILES string of the molecule is C/C=C/c1cc(OC)c2c(c1)[C@H](C(=O)OC)[C@@H](c1ccc(C)c(OC)c1)O2. The van der Waals surface area contributed by atoms with Crippen LogP contribution < -0.4 is 14.2 Å². The van der Waals surface area contributed by atoms with Gasteiger partial charge in [0.05, 0.1) is 21.3 Å². The minimum absolute atomic E-state index is 0.349. The molecule has 5 heteroatoms. The first-order chi connectivity index (χ1) is 13.0. The largest absolute Gasteiger partial charge is 0.496 e. The molecule has 27 heavy (non-hydrogen) atoms. The number of carbonyl (C=O) groups is 1. The molecule has 0 fully saturated rings. The molecule has 0 aromatic heterocycles. The lowest BCUT2D eigenvalue weighted by atomic mass is 9.89. The summed E-state index contributed by atoms with van der Waals surface area (Å²) >= 11 is 0. The lowest BCUT2D eigenvalue weighted by Crippen LogP contribution is -2.20. The Balaban J connectivity index is 2.15. The molecule has 1 heterocycles. The number of fused-ring (bicyclic) bond motifs is 1. The van der Waals surface area contributed by atoms with Gasteiger partial charge in [0, 0.05) is 5.56 Å². The molecule has 142 valence electrons. The van der Waals surface area contributed by atoms with E-state index in [4.69, 9.17) is 18.9 Å². The van der Waals surface area contributed by atoms with Crippen molar-refractivity contribution in [3.05, 3.63) is 58.7 Å². The van der Waals surface area contributed by atoms with Crippen LogP contribution in [-0.2, 0) is 9.53 Å². The quantitative estimate of drug-likeness (QED) is 0.731. The van der Waals surface area contributed by atoms with Crippen molar-refractivity contribution in [1.29, 1.82) is 0 Å². The first-order valence-corrected chi connectivity index (χ1v) is 8.77. The summed E-state index contributed by atoms with van der Waals surface area (Å²) in [4.78, 5) is 12.7. The summed E-state index contributed by atoms with van der Waals surface area (Å²) in [6, 6.07) is 9.65. The van der Waals surface area contributed by atoms with Crippen LogP contribution in [0.25, 0.3) is 6.08 Å². The lowest BCUT2D eigenvalue weighted by molar-refractivity contribution is -0.144. The maximum atomic E-state index is 12.7. The number of carbonyl (C=O) groups excluding carboxylic acids is 1. The lowest BCUT2D eigenvalue weighted by Gasteiger charge is -2.19. The van der Waals surface area contributed by atoms with Gasteiger partial charge in [-0.05, 0) is 48.7 Å². The highest BCUT2D eigenvalue weighted by atomic mass is 16.5. The van der Waals surface area contributed by atoms with Gasteiger partial charge in [-0.25, -0.2) is 0 Å². The van der Waals surface area contributed by atoms with E-state index in [1.807, 2.05) is 56.3 Å². The van der Waals surface area contributed by atoms with Crippen molar-refractivity contribution in [3.8, 4) is 17.2 Å². The molecule has 0 saturated carbocycles. The summed E-state index contributed by atoms with van der Waals surface area (Å²) in [7, 11) is 4.61. The molecule has 2 atom stereocenters. The second-order valence-corrected chi connectivity index (χ2v) is 6.41. The molecule has 0 saturated heterocycles. The molecule has 0 amide bonds. The Morgan fingerprint density at radius 2 is 1.81 bits per heavy atom. The van der Waals surface area contributed by atoms with Crippen LogP contribution in [-0.4, -0.2) is 27.3 Å². The monoisotopic (exact) mass is 368 g/mol. The third-order valence-electron chi connectivity index (χ3n) is 4.78. The van der Waals surface area contributed by atoms with Gasteiger partial charge in [0.2, 0.25) is 0 Å². The van der Waals surface area contributed by atoms with E-state index >= 15 is 0 Å². The first kappa shape index (κ1) is 18.8. The number of rotatable bonds is 5. The molecule has 0 unspecified atom stereocenters. The van der Waals surface area contributed by atoms with Crippen molar-refractivity contribution in [1.82, 2.24) is 0 Å². The van der Waals surface area contributed by atoms with Gasteiger partial charge in [-0.2, -0.15) is 0 Å². The molecule has 0 radical (unpaired) electrons. The topological polar surface area (TPSA) is 54.0 Å². The van der Waals surface area contributed by atoms with E-state index in [1.165, 1.54) is 7.11 Å². The standard InChI is InChI=1S/C22H24O5/c1-6-7-14-10-16-19(22(23)26-5)20(27-21(16)18(11-14)25-4)15-9-8-13(2)17(12-15)24-3/h6-12,19-20H,1-5H3/b7-6+/t19-,20+/m0/s1. The average molecular weight is 368 g/mol. The number of benzene rings is 2. The molecule has 2 aromatic rings. The van der Waals surface area contributed by atoms with Crippen LogP contribution in [0.15, 0.2) is 36.4 Å². The zero-order valence-corrected chi connectivity index (χ0v) is 16.2. The van der Waals surface area contributed by atoms with Crippen LogP contribution in [0.2, 0.25) is 0 Å². The van der Waals surface area contributed by atoms with Crippen LogP contribution in [0.4, 0.5) is 0 Å². The third-order valence-corrected chi connectivity index (χ3v) is 4.78. The normalized spacial score (nSPS) is 18.1. The number of ether oxygens (including phenoxy) is 4. The Morgan fingerprint density at radius 1 is 1.07 bits per heavy atom. The highest BCUT2D eigenvalue weighted by Gasteiger charge is 2.43. The van der Waals surface area contributed by atoms with Crippen molar-refractivity contribution in [2.24, 2.45) is 0 Å².